The number of hydrogen-bond acceptors (Lipinski definition) is 3. The molecule has 132 valence electrons. The van der Waals surface area contributed by atoms with Gasteiger partial charge >= 0.3 is 0 Å². The fraction of sp³-hybridized carbons (Fsp3) is 0.350. The first-order chi connectivity index (χ1) is 12.0. The average molecular weight is 339 g/mol. The zero-order chi connectivity index (χ0) is 18.2. The normalized spacial score (nSPS) is 11.6. The van der Waals surface area contributed by atoms with Crippen LogP contribution in [-0.2, 0) is 6.54 Å². The highest BCUT2D eigenvalue weighted by Gasteiger charge is 2.17. The minimum atomic E-state index is -0.206. The summed E-state index contributed by atoms with van der Waals surface area (Å²) in [6, 6.07) is 11.5. The lowest BCUT2D eigenvalue weighted by Crippen LogP contribution is -2.33. The Hall–Kier alpha value is -2.69. The fourth-order valence-corrected chi connectivity index (χ4v) is 2.40. The Bertz CT molecular complexity index is 716. The van der Waals surface area contributed by atoms with Gasteiger partial charge in [-0.2, -0.15) is 0 Å². The van der Waals surface area contributed by atoms with Crippen LogP contribution in [0, 0.1) is 0 Å². The Morgan fingerprint density at radius 2 is 1.80 bits per heavy atom. The predicted molar refractivity (Wildman–Crippen MR) is 98.3 cm³/mol. The van der Waals surface area contributed by atoms with Gasteiger partial charge in [-0.3, -0.25) is 14.6 Å². The topological polar surface area (TPSA) is 62.3 Å². The van der Waals surface area contributed by atoms with E-state index in [4.69, 9.17) is 0 Å². The van der Waals surface area contributed by atoms with Gasteiger partial charge < -0.3 is 10.2 Å². The monoisotopic (exact) mass is 339 g/mol. The van der Waals surface area contributed by atoms with Gasteiger partial charge in [-0.15, -0.1) is 0 Å². The van der Waals surface area contributed by atoms with E-state index in [0.717, 1.165) is 12.0 Å². The van der Waals surface area contributed by atoms with Crippen molar-refractivity contribution in [3.8, 4) is 0 Å². The van der Waals surface area contributed by atoms with Gasteiger partial charge in [0.1, 0.15) is 0 Å². The minimum absolute atomic E-state index is 0.0806. The average Bonchev–Trinajstić information content (AvgIpc) is 2.66. The second-order valence-corrected chi connectivity index (χ2v) is 6.05. The third kappa shape index (κ3) is 5.14. The van der Waals surface area contributed by atoms with E-state index in [9.17, 15) is 9.59 Å². The summed E-state index contributed by atoms with van der Waals surface area (Å²) in [4.78, 5) is 30.8. The number of amides is 2. The molecule has 25 heavy (non-hydrogen) atoms. The van der Waals surface area contributed by atoms with Crippen LogP contribution in [0.2, 0.25) is 0 Å². The smallest absolute Gasteiger partial charge is 0.255 e. The van der Waals surface area contributed by atoms with E-state index in [1.807, 2.05) is 51.1 Å². The molecule has 0 aliphatic heterocycles. The summed E-state index contributed by atoms with van der Waals surface area (Å²) in [5.74, 6) is -0.334. The Labute approximate surface area is 149 Å². The standard InChI is InChI=1S/C20H25N3O2/c1-4-15(3)22-19(24)17-11-18(13-21-12-17)20(25)23(5-2)14-16-9-7-6-8-10-16/h6-13,15H,4-5,14H2,1-3H3,(H,22,24). The first-order valence-electron chi connectivity index (χ1n) is 8.64. The summed E-state index contributed by atoms with van der Waals surface area (Å²) in [5.41, 5.74) is 1.90. The lowest BCUT2D eigenvalue weighted by molar-refractivity contribution is 0.0752. The van der Waals surface area contributed by atoms with Gasteiger partial charge in [0.2, 0.25) is 0 Å². The number of carbonyl (C=O) groups is 2. The number of nitrogens with one attached hydrogen (secondary N) is 1. The lowest BCUT2D eigenvalue weighted by atomic mass is 10.1. The molecule has 1 N–H and O–H groups in total. The molecule has 0 bridgehead atoms. The number of rotatable bonds is 7. The van der Waals surface area contributed by atoms with Crippen molar-refractivity contribution in [2.45, 2.75) is 39.8 Å². The number of nitrogens with zero attached hydrogens (tertiary/aromatic N) is 2. The maximum atomic E-state index is 12.8. The van der Waals surface area contributed by atoms with Crippen LogP contribution in [0.15, 0.2) is 48.8 Å². The number of aromatic nitrogens is 1. The number of pyridine rings is 1. The van der Waals surface area contributed by atoms with E-state index in [0.29, 0.717) is 24.2 Å². The molecule has 0 saturated heterocycles. The van der Waals surface area contributed by atoms with Crippen LogP contribution in [0.3, 0.4) is 0 Å². The molecule has 2 amide bonds. The van der Waals surface area contributed by atoms with Crippen LogP contribution in [0.25, 0.3) is 0 Å². The molecule has 0 saturated carbocycles. The Morgan fingerprint density at radius 3 is 2.44 bits per heavy atom. The number of benzene rings is 1. The van der Waals surface area contributed by atoms with Crippen molar-refractivity contribution >= 4 is 11.8 Å². The van der Waals surface area contributed by atoms with Crippen molar-refractivity contribution in [2.75, 3.05) is 6.54 Å². The van der Waals surface area contributed by atoms with E-state index < -0.39 is 0 Å². The Balaban J connectivity index is 2.15. The van der Waals surface area contributed by atoms with E-state index in [-0.39, 0.29) is 17.9 Å². The van der Waals surface area contributed by atoms with Crippen LogP contribution in [-0.4, -0.2) is 34.3 Å². The zero-order valence-electron chi connectivity index (χ0n) is 15.0. The molecular weight excluding hydrogens is 314 g/mol. The molecule has 2 aromatic rings. The first kappa shape index (κ1) is 18.6. The molecule has 5 nitrogen and oxygen atoms in total. The highest BCUT2D eigenvalue weighted by Crippen LogP contribution is 2.11. The molecular formula is C20H25N3O2. The van der Waals surface area contributed by atoms with Crippen LogP contribution >= 0.6 is 0 Å². The van der Waals surface area contributed by atoms with Gasteiger partial charge in [-0.1, -0.05) is 37.3 Å². The van der Waals surface area contributed by atoms with Crippen molar-refractivity contribution in [2.24, 2.45) is 0 Å². The minimum Gasteiger partial charge on any atom is -0.350 e. The van der Waals surface area contributed by atoms with E-state index >= 15 is 0 Å². The molecule has 1 aromatic carbocycles. The van der Waals surface area contributed by atoms with Gasteiger partial charge in [0.05, 0.1) is 11.1 Å². The maximum Gasteiger partial charge on any atom is 0.255 e. The fourth-order valence-electron chi connectivity index (χ4n) is 2.40. The summed E-state index contributed by atoms with van der Waals surface area (Å²) < 4.78 is 0. The summed E-state index contributed by atoms with van der Waals surface area (Å²) >= 11 is 0. The van der Waals surface area contributed by atoms with Crippen LogP contribution < -0.4 is 5.32 Å². The quantitative estimate of drug-likeness (QED) is 0.842. The van der Waals surface area contributed by atoms with Gasteiger partial charge in [-0.05, 0) is 31.9 Å². The molecule has 1 heterocycles. The molecule has 5 heteroatoms. The molecule has 1 aromatic heterocycles. The largest absolute Gasteiger partial charge is 0.350 e. The summed E-state index contributed by atoms with van der Waals surface area (Å²) in [5, 5.41) is 2.89. The molecule has 0 fully saturated rings. The second-order valence-electron chi connectivity index (χ2n) is 6.05. The number of carbonyl (C=O) groups excluding carboxylic acids is 2. The summed E-state index contributed by atoms with van der Waals surface area (Å²) in [6.07, 6.45) is 3.84. The molecule has 0 aliphatic carbocycles. The zero-order valence-corrected chi connectivity index (χ0v) is 15.0. The van der Waals surface area contributed by atoms with Crippen LogP contribution in [0.4, 0.5) is 0 Å². The Kier molecular flexibility index (Phi) is 6.69. The van der Waals surface area contributed by atoms with Crippen molar-refractivity contribution < 1.29 is 9.59 Å². The van der Waals surface area contributed by atoms with Crippen molar-refractivity contribution in [3.05, 3.63) is 65.5 Å². The summed E-state index contributed by atoms with van der Waals surface area (Å²) in [6.45, 7) is 7.00. The van der Waals surface area contributed by atoms with Gasteiger partial charge in [0, 0.05) is 31.5 Å². The molecule has 0 spiro atoms. The third-order valence-corrected chi connectivity index (χ3v) is 4.12. The summed E-state index contributed by atoms with van der Waals surface area (Å²) in [7, 11) is 0. The predicted octanol–water partition coefficient (Wildman–Crippen LogP) is 3.27. The van der Waals surface area contributed by atoms with Gasteiger partial charge in [-0.25, -0.2) is 0 Å². The van der Waals surface area contributed by atoms with Gasteiger partial charge in [0.15, 0.2) is 0 Å². The van der Waals surface area contributed by atoms with E-state index in [1.165, 1.54) is 12.4 Å². The van der Waals surface area contributed by atoms with Gasteiger partial charge in [0.25, 0.3) is 11.8 Å². The van der Waals surface area contributed by atoms with Crippen molar-refractivity contribution in [1.82, 2.24) is 15.2 Å². The molecule has 2 rings (SSSR count). The molecule has 0 aliphatic rings. The van der Waals surface area contributed by atoms with Crippen molar-refractivity contribution in [1.29, 1.82) is 0 Å². The SMILES string of the molecule is CCC(C)NC(=O)c1cncc(C(=O)N(CC)Cc2ccccc2)c1. The molecule has 1 unspecified atom stereocenters. The Morgan fingerprint density at radius 1 is 1.12 bits per heavy atom. The molecule has 1 atom stereocenters. The third-order valence-electron chi connectivity index (χ3n) is 4.12. The highest BCUT2D eigenvalue weighted by atomic mass is 16.2. The maximum absolute atomic E-state index is 12.8. The van der Waals surface area contributed by atoms with Crippen LogP contribution in [0.1, 0.15) is 53.5 Å². The van der Waals surface area contributed by atoms with Crippen molar-refractivity contribution in [3.63, 3.8) is 0 Å². The first-order valence-corrected chi connectivity index (χ1v) is 8.64. The van der Waals surface area contributed by atoms with Crippen LogP contribution in [0.5, 0.6) is 0 Å². The van der Waals surface area contributed by atoms with E-state index in [2.05, 4.69) is 10.3 Å². The second kappa shape index (κ2) is 8.97. The number of hydrogen-bond donors (Lipinski definition) is 1. The van der Waals surface area contributed by atoms with E-state index in [1.54, 1.807) is 11.0 Å². The molecule has 0 radical (unpaired) electrons. The highest BCUT2D eigenvalue weighted by molar-refractivity contribution is 5.99. The lowest BCUT2D eigenvalue weighted by Gasteiger charge is -2.21.